The molecule has 0 atom stereocenters. The topological polar surface area (TPSA) is 61.2 Å². The van der Waals surface area contributed by atoms with Crippen molar-refractivity contribution in [2.24, 2.45) is 0 Å². The lowest BCUT2D eigenvalue weighted by molar-refractivity contribution is -0.123. The lowest BCUT2D eigenvalue weighted by atomic mass is 10.2. The van der Waals surface area contributed by atoms with E-state index in [-0.39, 0.29) is 17.5 Å². The fraction of sp³-hybridized carbons (Fsp3) is 0.308. The van der Waals surface area contributed by atoms with E-state index in [9.17, 15) is 9.59 Å². The van der Waals surface area contributed by atoms with E-state index in [2.05, 4.69) is 9.80 Å². The highest BCUT2D eigenvalue weighted by Crippen LogP contribution is 2.35. The van der Waals surface area contributed by atoms with Gasteiger partial charge in [-0.3, -0.25) is 18.9 Å². The van der Waals surface area contributed by atoms with Gasteiger partial charge in [0.2, 0.25) is 0 Å². The largest absolute Gasteiger partial charge is 0.368 e. The van der Waals surface area contributed by atoms with Crippen molar-refractivity contribution in [2.45, 2.75) is 26.8 Å². The van der Waals surface area contributed by atoms with Gasteiger partial charge in [0.05, 0.1) is 10.5 Å². The van der Waals surface area contributed by atoms with Crippen LogP contribution >= 0.6 is 35.6 Å². The zero-order chi connectivity index (χ0) is 25.6. The van der Waals surface area contributed by atoms with Gasteiger partial charge < -0.3 is 9.80 Å². The molecule has 7 nitrogen and oxygen atoms in total. The molecular weight excluding hydrogens is 514 g/mol. The fourth-order valence-corrected chi connectivity index (χ4v) is 6.21. The van der Waals surface area contributed by atoms with Crippen LogP contribution < -0.4 is 15.4 Å². The van der Waals surface area contributed by atoms with Crippen LogP contribution in [0.3, 0.4) is 0 Å². The SMILES string of the molecule is Cc1ccc2nc(N3CCN(c4cccc(Cl)c4)CC3)c(/C=C3\SC(=S)N(C(C)C)C3=O)c(=O)n2c1. The molecule has 186 valence electrons. The number of rotatable bonds is 4. The molecule has 0 unspecified atom stereocenters. The number of amides is 1. The minimum Gasteiger partial charge on any atom is -0.368 e. The summed E-state index contributed by atoms with van der Waals surface area (Å²) in [5.41, 5.74) is 2.79. The van der Waals surface area contributed by atoms with Crippen LogP contribution in [0.2, 0.25) is 5.02 Å². The summed E-state index contributed by atoms with van der Waals surface area (Å²) in [7, 11) is 0. The van der Waals surface area contributed by atoms with Gasteiger partial charge in [-0.05, 0) is 56.7 Å². The summed E-state index contributed by atoms with van der Waals surface area (Å²) in [6.07, 6.45) is 3.45. The second kappa shape index (κ2) is 9.88. The summed E-state index contributed by atoms with van der Waals surface area (Å²) in [4.78, 5) is 38.1. The molecule has 2 fully saturated rings. The Morgan fingerprint density at radius 1 is 1.08 bits per heavy atom. The first-order chi connectivity index (χ1) is 17.2. The number of thioether (sulfide) groups is 1. The summed E-state index contributed by atoms with van der Waals surface area (Å²) in [5.74, 6) is 0.412. The van der Waals surface area contributed by atoms with Gasteiger partial charge in [-0.25, -0.2) is 4.98 Å². The molecule has 2 aliphatic rings. The van der Waals surface area contributed by atoms with Crippen LogP contribution in [-0.4, -0.2) is 56.7 Å². The number of aryl methyl sites for hydroxylation is 1. The Balaban J connectivity index is 1.54. The Labute approximate surface area is 224 Å². The Kier molecular flexibility index (Phi) is 6.80. The summed E-state index contributed by atoms with van der Waals surface area (Å²) >= 11 is 12.9. The van der Waals surface area contributed by atoms with Crippen LogP contribution in [0.25, 0.3) is 11.7 Å². The predicted molar refractivity (Wildman–Crippen MR) is 152 cm³/mol. The molecule has 0 radical (unpaired) electrons. The van der Waals surface area contributed by atoms with Crippen LogP contribution in [0.1, 0.15) is 25.0 Å². The predicted octanol–water partition coefficient (Wildman–Crippen LogP) is 4.59. The number of aromatic nitrogens is 2. The summed E-state index contributed by atoms with van der Waals surface area (Å²) in [6, 6.07) is 11.6. The highest BCUT2D eigenvalue weighted by atomic mass is 35.5. The maximum atomic E-state index is 13.7. The second-order valence-electron chi connectivity index (χ2n) is 9.19. The molecule has 5 rings (SSSR count). The fourth-order valence-electron chi connectivity index (χ4n) is 4.52. The number of nitrogens with zero attached hydrogens (tertiary/aromatic N) is 5. The van der Waals surface area contributed by atoms with Crippen molar-refractivity contribution < 1.29 is 4.79 Å². The van der Waals surface area contributed by atoms with Crippen LogP contribution in [-0.2, 0) is 4.79 Å². The highest BCUT2D eigenvalue weighted by Gasteiger charge is 2.34. The van der Waals surface area contributed by atoms with Crippen molar-refractivity contribution >= 4 is 69.0 Å². The van der Waals surface area contributed by atoms with E-state index < -0.39 is 0 Å². The summed E-state index contributed by atoms with van der Waals surface area (Å²) in [6.45, 7) is 8.64. The molecule has 3 aromatic rings. The smallest absolute Gasteiger partial charge is 0.267 e. The molecule has 1 aromatic carbocycles. The minimum atomic E-state index is -0.203. The van der Waals surface area contributed by atoms with E-state index in [1.165, 1.54) is 11.8 Å². The van der Waals surface area contributed by atoms with Gasteiger partial charge in [0.25, 0.3) is 11.5 Å². The van der Waals surface area contributed by atoms with Gasteiger partial charge in [0.1, 0.15) is 15.8 Å². The van der Waals surface area contributed by atoms with E-state index >= 15 is 0 Å². The number of halogens is 1. The first-order valence-corrected chi connectivity index (χ1v) is 13.4. The van der Waals surface area contributed by atoms with Crippen molar-refractivity contribution in [3.05, 3.63) is 74.0 Å². The number of pyridine rings is 1. The maximum absolute atomic E-state index is 13.7. The quantitative estimate of drug-likeness (QED) is 0.355. The maximum Gasteiger partial charge on any atom is 0.267 e. The molecule has 10 heteroatoms. The average Bonchev–Trinajstić information content (AvgIpc) is 3.14. The molecule has 0 N–H and O–H groups in total. The normalized spacial score (nSPS) is 17.8. The molecule has 2 aromatic heterocycles. The van der Waals surface area contributed by atoms with E-state index in [1.807, 2.05) is 57.2 Å². The molecular formula is C26H26ClN5O2S2. The number of carbonyl (C=O) groups is 1. The number of piperazine rings is 1. The first kappa shape index (κ1) is 24.8. The van der Waals surface area contributed by atoms with Crippen LogP contribution in [0.4, 0.5) is 11.5 Å². The number of thiocarbonyl (C=S) groups is 1. The Hall–Kier alpha value is -2.88. The number of carbonyl (C=O) groups excluding carboxylic acids is 1. The Morgan fingerprint density at radius 2 is 1.81 bits per heavy atom. The number of hydrogen-bond donors (Lipinski definition) is 0. The Bertz CT molecular complexity index is 1460. The highest BCUT2D eigenvalue weighted by molar-refractivity contribution is 8.26. The standard InChI is InChI=1S/C26H26ClN5O2S2/c1-16(2)32-25(34)21(36-26(32)35)14-20-23(28-22-8-7-17(3)15-31(22)24(20)33)30-11-9-29(10-12-30)19-6-4-5-18(27)13-19/h4-8,13-16H,9-12H2,1-3H3/b21-14-. The third kappa shape index (κ3) is 4.63. The van der Waals surface area contributed by atoms with Crippen molar-refractivity contribution in [1.29, 1.82) is 0 Å². The lowest BCUT2D eigenvalue weighted by Gasteiger charge is -2.37. The zero-order valence-electron chi connectivity index (χ0n) is 20.3. The van der Waals surface area contributed by atoms with Crippen molar-refractivity contribution in [3.63, 3.8) is 0 Å². The molecule has 0 spiro atoms. The van der Waals surface area contributed by atoms with E-state index in [1.54, 1.807) is 21.6 Å². The number of benzene rings is 1. The van der Waals surface area contributed by atoms with Gasteiger partial charge in [0, 0.05) is 49.1 Å². The number of hydrogen-bond acceptors (Lipinski definition) is 7. The third-order valence-corrected chi connectivity index (χ3v) is 7.92. The molecule has 2 aliphatic heterocycles. The van der Waals surface area contributed by atoms with Gasteiger partial charge >= 0.3 is 0 Å². The molecule has 4 heterocycles. The van der Waals surface area contributed by atoms with Crippen LogP contribution in [0, 0.1) is 6.92 Å². The van der Waals surface area contributed by atoms with E-state index in [0.29, 0.717) is 44.4 Å². The minimum absolute atomic E-state index is 0.0547. The Morgan fingerprint density at radius 3 is 2.47 bits per heavy atom. The van der Waals surface area contributed by atoms with Gasteiger partial charge in [0.15, 0.2) is 0 Å². The first-order valence-electron chi connectivity index (χ1n) is 11.8. The average molecular weight is 540 g/mol. The van der Waals surface area contributed by atoms with Gasteiger partial charge in [-0.1, -0.05) is 47.7 Å². The molecule has 0 saturated carbocycles. The van der Waals surface area contributed by atoms with Crippen LogP contribution in [0.5, 0.6) is 0 Å². The molecule has 0 aliphatic carbocycles. The third-order valence-electron chi connectivity index (χ3n) is 6.35. The number of fused-ring (bicyclic) bond motifs is 1. The van der Waals surface area contributed by atoms with Crippen molar-refractivity contribution in [2.75, 3.05) is 36.0 Å². The molecule has 2 saturated heterocycles. The number of anilines is 2. The molecule has 36 heavy (non-hydrogen) atoms. The summed E-state index contributed by atoms with van der Waals surface area (Å²) < 4.78 is 2.05. The molecule has 0 bridgehead atoms. The lowest BCUT2D eigenvalue weighted by Crippen LogP contribution is -2.47. The molecule has 1 amide bonds. The van der Waals surface area contributed by atoms with Gasteiger partial charge in [-0.2, -0.15) is 0 Å². The van der Waals surface area contributed by atoms with E-state index in [4.69, 9.17) is 28.8 Å². The summed E-state index contributed by atoms with van der Waals surface area (Å²) in [5, 5.41) is 0.704. The monoisotopic (exact) mass is 539 g/mol. The zero-order valence-corrected chi connectivity index (χ0v) is 22.7. The second-order valence-corrected chi connectivity index (χ2v) is 11.3. The van der Waals surface area contributed by atoms with Crippen molar-refractivity contribution in [3.8, 4) is 0 Å². The van der Waals surface area contributed by atoms with Crippen LogP contribution in [0.15, 0.2) is 52.3 Å². The van der Waals surface area contributed by atoms with Crippen molar-refractivity contribution in [1.82, 2.24) is 14.3 Å². The van der Waals surface area contributed by atoms with E-state index in [0.717, 1.165) is 24.3 Å². The van der Waals surface area contributed by atoms with Gasteiger partial charge in [-0.15, -0.1) is 0 Å².